The average molecular weight is 432 g/mol. The molecule has 1 saturated heterocycles. The smallest absolute Gasteiger partial charge is 0.310 e. The molecule has 2 aromatic carbocycles. The molecule has 0 radical (unpaired) electrons. The second-order valence-electron chi connectivity index (χ2n) is 7.54. The number of amides is 1. The van der Waals surface area contributed by atoms with Crippen molar-refractivity contribution in [2.45, 2.75) is 6.54 Å². The molecular weight excluding hydrogens is 402 g/mol. The van der Waals surface area contributed by atoms with Crippen molar-refractivity contribution in [1.29, 1.82) is 0 Å². The van der Waals surface area contributed by atoms with Crippen LogP contribution in [0.15, 0.2) is 60.7 Å². The van der Waals surface area contributed by atoms with Crippen molar-refractivity contribution in [3.05, 3.63) is 66.2 Å². The molecule has 7 nitrogen and oxygen atoms in total. The summed E-state index contributed by atoms with van der Waals surface area (Å²) in [6, 6.07) is 18.7. The van der Waals surface area contributed by atoms with Crippen LogP contribution in [0.3, 0.4) is 0 Å². The van der Waals surface area contributed by atoms with Gasteiger partial charge < -0.3 is 9.08 Å². The van der Waals surface area contributed by atoms with Crippen molar-refractivity contribution < 1.29 is 17.4 Å². The number of carbonyl (C=O) groups excluding carboxylic acids is 1. The number of nitrogens with zero attached hydrogens (tertiary/aromatic N) is 3. The van der Waals surface area contributed by atoms with E-state index in [-0.39, 0.29) is 24.7 Å². The lowest BCUT2D eigenvalue weighted by Gasteiger charge is -2.35. The first-order valence-corrected chi connectivity index (χ1v) is 11.7. The number of hydrogen-bond acceptors (Lipinski definition) is 6. The van der Waals surface area contributed by atoms with Crippen LogP contribution in [-0.4, -0.2) is 81.1 Å². The average Bonchev–Trinajstić information content (AvgIpc) is 2.74. The molecule has 2 aromatic rings. The Morgan fingerprint density at radius 1 is 0.967 bits per heavy atom. The highest BCUT2D eigenvalue weighted by Gasteiger charge is 2.22. The van der Waals surface area contributed by atoms with E-state index in [2.05, 4.69) is 17.0 Å². The fourth-order valence-corrected chi connectivity index (χ4v) is 4.36. The van der Waals surface area contributed by atoms with Gasteiger partial charge in [0.1, 0.15) is 5.75 Å². The molecule has 1 fully saturated rings. The first-order chi connectivity index (χ1) is 14.4. The molecule has 0 atom stereocenters. The van der Waals surface area contributed by atoms with Crippen molar-refractivity contribution in [1.82, 2.24) is 14.7 Å². The lowest BCUT2D eigenvalue weighted by molar-refractivity contribution is -0.133. The van der Waals surface area contributed by atoms with E-state index >= 15 is 0 Å². The van der Waals surface area contributed by atoms with Crippen molar-refractivity contribution in [3.8, 4) is 5.75 Å². The van der Waals surface area contributed by atoms with Crippen LogP contribution in [0.4, 0.5) is 0 Å². The van der Waals surface area contributed by atoms with Crippen molar-refractivity contribution in [3.63, 3.8) is 0 Å². The Bertz CT molecular complexity index is 898. The number of likely N-dealkylation sites (N-methyl/N-ethyl adjacent to an activating group) is 1. The summed E-state index contributed by atoms with van der Waals surface area (Å²) >= 11 is 0. The summed E-state index contributed by atoms with van der Waals surface area (Å²) in [6.45, 7) is 4.37. The number of carbonyl (C=O) groups is 1. The van der Waals surface area contributed by atoms with Gasteiger partial charge in [0.2, 0.25) is 5.91 Å². The van der Waals surface area contributed by atoms with Gasteiger partial charge in [0.15, 0.2) is 0 Å². The normalized spacial score (nSPS) is 15.3. The molecule has 0 bridgehead atoms. The van der Waals surface area contributed by atoms with E-state index in [1.54, 1.807) is 42.3 Å². The minimum Gasteiger partial charge on any atom is -0.382 e. The van der Waals surface area contributed by atoms with Gasteiger partial charge in [-0.2, -0.15) is 8.42 Å². The largest absolute Gasteiger partial charge is 0.382 e. The summed E-state index contributed by atoms with van der Waals surface area (Å²) in [5.41, 5.74) is 1.27. The quantitative estimate of drug-likeness (QED) is 0.563. The van der Waals surface area contributed by atoms with Gasteiger partial charge >= 0.3 is 10.1 Å². The lowest BCUT2D eigenvalue weighted by atomic mass is 10.2. The molecule has 3 rings (SSSR count). The predicted octanol–water partition coefficient (Wildman–Crippen LogP) is 1.67. The Kier molecular flexibility index (Phi) is 7.84. The van der Waals surface area contributed by atoms with Crippen LogP contribution < -0.4 is 4.18 Å². The van der Waals surface area contributed by atoms with Crippen LogP contribution in [0.1, 0.15) is 5.56 Å². The zero-order valence-corrected chi connectivity index (χ0v) is 18.1. The summed E-state index contributed by atoms with van der Waals surface area (Å²) < 4.78 is 29.3. The van der Waals surface area contributed by atoms with E-state index in [4.69, 9.17) is 4.18 Å². The molecule has 0 saturated carbocycles. The number of rotatable bonds is 9. The van der Waals surface area contributed by atoms with E-state index in [9.17, 15) is 13.2 Å². The number of hydrogen-bond donors (Lipinski definition) is 0. The van der Waals surface area contributed by atoms with E-state index in [1.807, 2.05) is 23.1 Å². The highest BCUT2D eigenvalue weighted by molar-refractivity contribution is 7.87. The third-order valence-electron chi connectivity index (χ3n) is 5.07. The van der Waals surface area contributed by atoms with Crippen LogP contribution in [0.25, 0.3) is 0 Å². The first kappa shape index (κ1) is 22.3. The Hall–Kier alpha value is -2.42. The van der Waals surface area contributed by atoms with Crippen LogP contribution in [0.2, 0.25) is 0 Å². The molecule has 30 heavy (non-hydrogen) atoms. The minimum atomic E-state index is -3.70. The topological polar surface area (TPSA) is 70.2 Å². The summed E-state index contributed by atoms with van der Waals surface area (Å²) in [7, 11) is -1.95. The van der Waals surface area contributed by atoms with Crippen molar-refractivity contribution >= 4 is 16.0 Å². The molecule has 0 unspecified atom stereocenters. The van der Waals surface area contributed by atoms with Gasteiger partial charge in [-0.3, -0.25) is 14.6 Å². The maximum atomic E-state index is 12.6. The molecule has 0 aliphatic carbocycles. The monoisotopic (exact) mass is 431 g/mol. The zero-order chi connectivity index (χ0) is 21.4. The van der Waals surface area contributed by atoms with Crippen LogP contribution in [0, 0.1) is 0 Å². The molecule has 1 amide bonds. The lowest BCUT2D eigenvalue weighted by Crippen LogP contribution is -2.50. The fraction of sp³-hybridized carbons (Fsp3) is 0.409. The first-order valence-electron chi connectivity index (χ1n) is 10.1. The van der Waals surface area contributed by atoms with Gasteiger partial charge in [0, 0.05) is 39.3 Å². The summed E-state index contributed by atoms with van der Waals surface area (Å²) in [5, 5.41) is 0. The van der Waals surface area contributed by atoms with Crippen LogP contribution in [-0.2, 0) is 21.5 Å². The van der Waals surface area contributed by atoms with Crippen molar-refractivity contribution in [2.24, 2.45) is 0 Å². The molecular formula is C22H29N3O4S. The molecule has 8 heteroatoms. The van der Waals surface area contributed by atoms with Gasteiger partial charge in [-0.1, -0.05) is 48.5 Å². The van der Waals surface area contributed by atoms with Crippen LogP contribution in [0.5, 0.6) is 5.75 Å². The van der Waals surface area contributed by atoms with E-state index in [0.29, 0.717) is 18.8 Å². The van der Waals surface area contributed by atoms with Crippen LogP contribution >= 0.6 is 0 Å². The standard InChI is InChI=1S/C22H29N3O4S/c1-23(16-17-30(27,28)29-21-10-6-3-7-11-21)19-22(26)25-14-12-24(13-15-25)18-20-8-4-2-5-9-20/h2-11H,12-19H2,1H3. The molecule has 1 aliphatic heterocycles. The Morgan fingerprint density at radius 3 is 2.20 bits per heavy atom. The van der Waals surface area contributed by atoms with Gasteiger partial charge in [-0.05, 0) is 24.7 Å². The fourth-order valence-electron chi connectivity index (χ4n) is 3.34. The number of benzene rings is 2. The van der Waals surface area contributed by atoms with E-state index in [1.165, 1.54) is 5.56 Å². The summed E-state index contributed by atoms with van der Waals surface area (Å²) in [6.07, 6.45) is 0. The highest BCUT2D eigenvalue weighted by Crippen LogP contribution is 2.12. The SMILES string of the molecule is CN(CCS(=O)(=O)Oc1ccccc1)CC(=O)N1CCN(Cc2ccccc2)CC1. The van der Waals surface area contributed by atoms with E-state index < -0.39 is 10.1 Å². The van der Waals surface area contributed by atoms with Gasteiger partial charge in [0.05, 0.1) is 12.3 Å². The summed E-state index contributed by atoms with van der Waals surface area (Å²) in [4.78, 5) is 18.5. The third kappa shape index (κ3) is 7.12. The van der Waals surface area contributed by atoms with Gasteiger partial charge in [-0.25, -0.2) is 0 Å². The van der Waals surface area contributed by atoms with Crippen molar-refractivity contribution in [2.75, 3.05) is 52.1 Å². The molecule has 162 valence electrons. The molecule has 0 spiro atoms. The number of piperazine rings is 1. The van der Waals surface area contributed by atoms with E-state index in [0.717, 1.165) is 19.6 Å². The molecule has 1 heterocycles. The number of para-hydroxylation sites is 1. The van der Waals surface area contributed by atoms with Gasteiger partial charge in [-0.15, -0.1) is 0 Å². The minimum absolute atomic E-state index is 0.0261. The Labute approximate surface area is 179 Å². The second-order valence-corrected chi connectivity index (χ2v) is 9.23. The Balaban J connectivity index is 1.38. The molecule has 1 aliphatic rings. The Morgan fingerprint density at radius 2 is 1.57 bits per heavy atom. The van der Waals surface area contributed by atoms with Gasteiger partial charge in [0.25, 0.3) is 0 Å². The third-order valence-corrected chi connectivity index (χ3v) is 6.20. The predicted molar refractivity (Wildman–Crippen MR) is 117 cm³/mol. The summed E-state index contributed by atoms with van der Waals surface area (Å²) in [5.74, 6) is 0.152. The second kappa shape index (κ2) is 10.6. The molecule has 0 aromatic heterocycles. The maximum Gasteiger partial charge on any atom is 0.310 e. The molecule has 0 N–H and O–H groups in total. The maximum absolute atomic E-state index is 12.6. The zero-order valence-electron chi connectivity index (χ0n) is 17.3. The highest BCUT2D eigenvalue weighted by atomic mass is 32.2.